The van der Waals surface area contributed by atoms with Gasteiger partial charge in [-0.3, -0.25) is 4.99 Å². The van der Waals surface area contributed by atoms with E-state index in [2.05, 4.69) is 53.4 Å². The topological polar surface area (TPSA) is 52.1 Å². The molecule has 0 saturated carbocycles. The highest BCUT2D eigenvalue weighted by atomic mass is 127. The minimum absolute atomic E-state index is 0. The van der Waals surface area contributed by atoms with Gasteiger partial charge < -0.3 is 25.2 Å². The summed E-state index contributed by atoms with van der Waals surface area (Å²) in [4.78, 5) is 8.93. The Bertz CT molecular complexity index is 292. The summed E-state index contributed by atoms with van der Waals surface area (Å²) in [5.74, 6) is 0.878. The van der Waals surface area contributed by atoms with E-state index in [-0.39, 0.29) is 24.0 Å². The van der Waals surface area contributed by atoms with Crippen molar-refractivity contribution < 1.29 is 4.74 Å². The molecule has 0 saturated heterocycles. The zero-order valence-electron chi connectivity index (χ0n) is 15.9. The Labute approximate surface area is 160 Å². The molecule has 0 aromatic rings. The molecule has 0 aliphatic heterocycles. The summed E-state index contributed by atoms with van der Waals surface area (Å²) in [5, 5.41) is 6.72. The monoisotopic (exact) mass is 443 g/mol. The molecule has 0 rings (SSSR count). The van der Waals surface area contributed by atoms with Gasteiger partial charge in [0, 0.05) is 59.5 Å². The standard InChI is InChI=1S/C16H37N5O.HI/c1-7-15(2)21(5)13-10-19-16(17-3)18-9-12-20(4)11-8-14-22-6;/h15H,7-14H2,1-6H3,(H2,17,18,19);1H. The van der Waals surface area contributed by atoms with Crippen molar-refractivity contribution in [2.24, 2.45) is 4.99 Å². The van der Waals surface area contributed by atoms with Gasteiger partial charge in [-0.1, -0.05) is 6.92 Å². The molecule has 1 atom stereocenters. The fourth-order valence-electron chi connectivity index (χ4n) is 2.06. The van der Waals surface area contributed by atoms with Gasteiger partial charge in [-0.2, -0.15) is 0 Å². The van der Waals surface area contributed by atoms with E-state index in [9.17, 15) is 0 Å². The van der Waals surface area contributed by atoms with Crippen molar-refractivity contribution in [3.8, 4) is 0 Å². The summed E-state index contributed by atoms with van der Waals surface area (Å²) in [6.07, 6.45) is 2.25. The lowest BCUT2D eigenvalue weighted by Crippen LogP contribution is -2.44. The first-order valence-corrected chi connectivity index (χ1v) is 8.37. The highest BCUT2D eigenvalue weighted by molar-refractivity contribution is 14.0. The van der Waals surface area contributed by atoms with Gasteiger partial charge in [-0.15, -0.1) is 24.0 Å². The highest BCUT2D eigenvalue weighted by Gasteiger charge is 2.06. The molecule has 0 amide bonds. The Hall–Kier alpha value is -0.120. The molecule has 0 spiro atoms. The minimum Gasteiger partial charge on any atom is -0.385 e. The normalized spacial score (nSPS) is 13.1. The first-order chi connectivity index (χ1) is 10.5. The van der Waals surface area contributed by atoms with Crippen molar-refractivity contribution in [2.45, 2.75) is 32.7 Å². The summed E-state index contributed by atoms with van der Waals surface area (Å²) < 4.78 is 5.07. The van der Waals surface area contributed by atoms with E-state index in [1.165, 1.54) is 6.42 Å². The summed E-state index contributed by atoms with van der Waals surface area (Å²) >= 11 is 0. The lowest BCUT2D eigenvalue weighted by Gasteiger charge is -2.24. The zero-order chi connectivity index (χ0) is 16.8. The molecule has 7 heteroatoms. The Balaban J connectivity index is 0. The van der Waals surface area contributed by atoms with Crippen LogP contribution in [0.3, 0.4) is 0 Å². The van der Waals surface area contributed by atoms with Crippen molar-refractivity contribution in [2.75, 3.05) is 67.6 Å². The number of methoxy groups -OCH3 is 1. The molecule has 23 heavy (non-hydrogen) atoms. The van der Waals surface area contributed by atoms with Crippen LogP contribution in [-0.4, -0.2) is 89.4 Å². The third-order valence-electron chi connectivity index (χ3n) is 4.00. The Morgan fingerprint density at radius 2 is 1.74 bits per heavy atom. The van der Waals surface area contributed by atoms with E-state index in [1.807, 2.05) is 7.05 Å². The number of nitrogens with one attached hydrogen (secondary N) is 2. The van der Waals surface area contributed by atoms with Crippen LogP contribution < -0.4 is 10.6 Å². The maximum absolute atomic E-state index is 5.07. The lowest BCUT2D eigenvalue weighted by molar-refractivity contribution is 0.180. The summed E-state index contributed by atoms with van der Waals surface area (Å²) in [7, 11) is 7.86. The van der Waals surface area contributed by atoms with E-state index in [4.69, 9.17) is 4.74 Å². The number of rotatable bonds is 12. The van der Waals surface area contributed by atoms with Crippen LogP contribution >= 0.6 is 24.0 Å². The average molecular weight is 443 g/mol. The number of hydrogen-bond donors (Lipinski definition) is 2. The maximum atomic E-state index is 5.07. The number of aliphatic imine (C=N–C) groups is 1. The molecule has 0 bridgehead atoms. The molecule has 0 aliphatic carbocycles. The number of likely N-dealkylation sites (N-methyl/N-ethyl adjacent to an activating group) is 2. The van der Waals surface area contributed by atoms with Crippen molar-refractivity contribution in [3.63, 3.8) is 0 Å². The van der Waals surface area contributed by atoms with Gasteiger partial charge >= 0.3 is 0 Å². The molecular formula is C16H38IN5O. The predicted molar refractivity (Wildman–Crippen MR) is 111 cm³/mol. The molecule has 1 unspecified atom stereocenters. The number of guanidine groups is 1. The van der Waals surface area contributed by atoms with Gasteiger partial charge in [0.25, 0.3) is 0 Å². The van der Waals surface area contributed by atoms with Crippen LogP contribution in [0.15, 0.2) is 4.99 Å². The molecule has 0 aromatic carbocycles. The second kappa shape index (κ2) is 16.7. The molecule has 140 valence electrons. The molecule has 6 nitrogen and oxygen atoms in total. The Morgan fingerprint density at radius 1 is 1.13 bits per heavy atom. The van der Waals surface area contributed by atoms with Gasteiger partial charge in [-0.05, 0) is 33.9 Å². The molecular weight excluding hydrogens is 405 g/mol. The SMILES string of the molecule is CCC(C)N(C)CCNC(=NC)NCCN(C)CCCOC.I. The van der Waals surface area contributed by atoms with Crippen LogP contribution in [0.2, 0.25) is 0 Å². The van der Waals surface area contributed by atoms with Crippen LogP contribution in [0.5, 0.6) is 0 Å². The average Bonchev–Trinajstić information content (AvgIpc) is 2.52. The lowest BCUT2D eigenvalue weighted by atomic mass is 10.2. The van der Waals surface area contributed by atoms with Crippen LogP contribution in [0.4, 0.5) is 0 Å². The number of hydrogen-bond acceptors (Lipinski definition) is 4. The number of halogens is 1. The summed E-state index contributed by atoms with van der Waals surface area (Å²) in [6, 6.07) is 0.623. The summed E-state index contributed by atoms with van der Waals surface area (Å²) in [6.45, 7) is 10.2. The highest BCUT2D eigenvalue weighted by Crippen LogP contribution is 1.97. The van der Waals surface area contributed by atoms with Crippen LogP contribution in [0.1, 0.15) is 26.7 Å². The van der Waals surface area contributed by atoms with Crippen molar-refractivity contribution in [1.82, 2.24) is 20.4 Å². The van der Waals surface area contributed by atoms with Gasteiger partial charge in [-0.25, -0.2) is 0 Å². The second-order valence-electron chi connectivity index (χ2n) is 5.81. The van der Waals surface area contributed by atoms with Gasteiger partial charge in [0.2, 0.25) is 0 Å². The largest absolute Gasteiger partial charge is 0.385 e. The first kappa shape index (κ1) is 25.1. The predicted octanol–water partition coefficient (Wildman–Crippen LogP) is 1.47. The Kier molecular flexibility index (Phi) is 18.3. The van der Waals surface area contributed by atoms with Gasteiger partial charge in [0.15, 0.2) is 5.96 Å². The minimum atomic E-state index is 0. The van der Waals surface area contributed by atoms with Crippen molar-refractivity contribution >= 4 is 29.9 Å². The van der Waals surface area contributed by atoms with Crippen molar-refractivity contribution in [3.05, 3.63) is 0 Å². The van der Waals surface area contributed by atoms with E-state index in [0.29, 0.717) is 6.04 Å². The van der Waals surface area contributed by atoms with E-state index >= 15 is 0 Å². The van der Waals surface area contributed by atoms with Crippen molar-refractivity contribution in [1.29, 1.82) is 0 Å². The second-order valence-corrected chi connectivity index (χ2v) is 5.81. The zero-order valence-corrected chi connectivity index (χ0v) is 18.2. The number of ether oxygens (including phenoxy) is 1. The fraction of sp³-hybridized carbons (Fsp3) is 0.938. The van der Waals surface area contributed by atoms with Gasteiger partial charge in [0.1, 0.15) is 0 Å². The Morgan fingerprint density at radius 3 is 2.26 bits per heavy atom. The van der Waals surface area contributed by atoms with Crippen LogP contribution in [0, 0.1) is 0 Å². The van der Waals surface area contributed by atoms with E-state index < -0.39 is 0 Å². The van der Waals surface area contributed by atoms with E-state index in [0.717, 1.165) is 51.7 Å². The van der Waals surface area contributed by atoms with Gasteiger partial charge in [0.05, 0.1) is 0 Å². The van der Waals surface area contributed by atoms with E-state index in [1.54, 1.807) is 7.11 Å². The molecule has 0 fully saturated rings. The third-order valence-corrected chi connectivity index (χ3v) is 4.00. The molecule has 0 heterocycles. The molecule has 2 N–H and O–H groups in total. The maximum Gasteiger partial charge on any atom is 0.191 e. The molecule has 0 radical (unpaired) electrons. The smallest absolute Gasteiger partial charge is 0.191 e. The van der Waals surface area contributed by atoms with Crippen LogP contribution in [-0.2, 0) is 4.74 Å². The molecule has 0 aliphatic rings. The number of nitrogens with zero attached hydrogens (tertiary/aromatic N) is 3. The first-order valence-electron chi connectivity index (χ1n) is 8.37. The summed E-state index contributed by atoms with van der Waals surface area (Å²) in [5.41, 5.74) is 0. The van der Waals surface area contributed by atoms with Crippen LogP contribution in [0.25, 0.3) is 0 Å². The fourth-order valence-corrected chi connectivity index (χ4v) is 2.06. The third kappa shape index (κ3) is 14.0. The molecule has 0 aromatic heterocycles. The quantitative estimate of drug-likeness (QED) is 0.207.